The number of hydroxylamine groups is 1. The van der Waals surface area contributed by atoms with Crippen molar-refractivity contribution in [2.45, 2.75) is 13.0 Å². The first-order chi connectivity index (χ1) is 7.36. The lowest BCUT2D eigenvalue weighted by Gasteiger charge is -2.05. The Hall–Kier alpha value is -1.10. The van der Waals surface area contributed by atoms with Gasteiger partial charge in [-0.1, -0.05) is 12.1 Å². The summed E-state index contributed by atoms with van der Waals surface area (Å²) in [5.74, 6) is 0.856. The van der Waals surface area contributed by atoms with Crippen LogP contribution in [0.3, 0.4) is 0 Å². The van der Waals surface area contributed by atoms with Crippen molar-refractivity contribution in [2.75, 3.05) is 20.2 Å². The van der Waals surface area contributed by atoms with E-state index in [0.29, 0.717) is 13.2 Å². The van der Waals surface area contributed by atoms with Gasteiger partial charge in [0.1, 0.15) is 5.75 Å². The normalized spacial score (nSPS) is 10.3. The van der Waals surface area contributed by atoms with Gasteiger partial charge in [0.25, 0.3) is 0 Å². The fraction of sp³-hybridized carbons (Fsp3) is 0.455. The number of nitrogens with two attached hydrogens (primary N) is 1. The minimum Gasteiger partial charge on any atom is -0.497 e. The van der Waals surface area contributed by atoms with Gasteiger partial charge in [-0.2, -0.15) is 0 Å². The molecule has 0 aliphatic carbocycles. The summed E-state index contributed by atoms with van der Waals surface area (Å²) in [6.07, 6.45) is 0.919. The molecule has 0 heterocycles. The fourth-order valence-electron chi connectivity index (χ4n) is 1.10. The predicted octanol–water partition coefficient (Wildman–Crippen LogP) is 1.07. The largest absolute Gasteiger partial charge is 0.497 e. The van der Waals surface area contributed by atoms with Crippen LogP contribution < -0.4 is 16.0 Å². The third-order valence-electron chi connectivity index (χ3n) is 1.98. The molecule has 0 spiro atoms. The second-order valence-electron chi connectivity index (χ2n) is 3.17. The van der Waals surface area contributed by atoms with Gasteiger partial charge in [-0.15, -0.1) is 0 Å². The van der Waals surface area contributed by atoms with Crippen molar-refractivity contribution in [3.8, 4) is 5.75 Å². The van der Waals surface area contributed by atoms with Gasteiger partial charge in [0.2, 0.25) is 0 Å². The van der Waals surface area contributed by atoms with Crippen LogP contribution >= 0.6 is 0 Å². The Morgan fingerprint density at radius 3 is 2.60 bits per heavy atom. The Morgan fingerprint density at radius 2 is 2.00 bits per heavy atom. The second-order valence-corrected chi connectivity index (χ2v) is 3.17. The maximum Gasteiger partial charge on any atom is 0.118 e. The number of methoxy groups -OCH3 is 1. The highest BCUT2D eigenvalue weighted by Crippen LogP contribution is 2.11. The first-order valence-corrected chi connectivity index (χ1v) is 5.04. The Balaban J connectivity index is 2.20. The quantitative estimate of drug-likeness (QED) is 0.522. The Labute approximate surface area is 90.3 Å². The SMILES string of the molecule is COc1ccc(CONCCCN)cc1. The molecule has 0 aliphatic heterocycles. The van der Waals surface area contributed by atoms with Crippen molar-refractivity contribution in [3.05, 3.63) is 29.8 Å². The molecule has 4 nitrogen and oxygen atoms in total. The van der Waals surface area contributed by atoms with Gasteiger partial charge in [-0.25, -0.2) is 5.48 Å². The molecule has 0 atom stereocenters. The van der Waals surface area contributed by atoms with E-state index in [9.17, 15) is 0 Å². The summed E-state index contributed by atoms with van der Waals surface area (Å²) >= 11 is 0. The number of hydrogen-bond donors (Lipinski definition) is 2. The second kappa shape index (κ2) is 7.23. The van der Waals surface area contributed by atoms with Crippen LogP contribution in [0.4, 0.5) is 0 Å². The molecular weight excluding hydrogens is 192 g/mol. The Morgan fingerprint density at radius 1 is 1.27 bits per heavy atom. The van der Waals surface area contributed by atoms with E-state index in [0.717, 1.165) is 24.3 Å². The van der Waals surface area contributed by atoms with Crippen LogP contribution in [-0.4, -0.2) is 20.2 Å². The molecule has 0 unspecified atom stereocenters. The van der Waals surface area contributed by atoms with Crippen molar-refractivity contribution in [3.63, 3.8) is 0 Å². The lowest BCUT2D eigenvalue weighted by atomic mass is 10.2. The zero-order chi connectivity index (χ0) is 10.9. The van der Waals surface area contributed by atoms with Crippen LogP contribution in [0, 0.1) is 0 Å². The molecule has 1 rings (SSSR count). The summed E-state index contributed by atoms with van der Waals surface area (Å²) in [5, 5.41) is 0. The molecule has 3 N–H and O–H groups in total. The van der Waals surface area contributed by atoms with Crippen molar-refractivity contribution < 1.29 is 9.57 Å². The molecule has 0 fully saturated rings. The average Bonchev–Trinajstić information content (AvgIpc) is 2.30. The molecule has 0 saturated heterocycles. The van der Waals surface area contributed by atoms with Gasteiger partial charge in [-0.05, 0) is 30.7 Å². The van der Waals surface area contributed by atoms with Crippen molar-refractivity contribution >= 4 is 0 Å². The number of benzene rings is 1. The number of nitrogens with one attached hydrogen (secondary N) is 1. The van der Waals surface area contributed by atoms with E-state index >= 15 is 0 Å². The maximum atomic E-state index is 5.34. The number of rotatable bonds is 7. The third kappa shape index (κ3) is 4.78. The minimum absolute atomic E-state index is 0.550. The van der Waals surface area contributed by atoms with Crippen LogP contribution in [0.1, 0.15) is 12.0 Å². The van der Waals surface area contributed by atoms with Gasteiger partial charge in [-0.3, -0.25) is 4.84 Å². The summed E-state index contributed by atoms with van der Waals surface area (Å²) in [6, 6.07) is 7.78. The smallest absolute Gasteiger partial charge is 0.118 e. The van der Waals surface area contributed by atoms with Gasteiger partial charge in [0.15, 0.2) is 0 Å². The molecule has 0 radical (unpaired) electrons. The summed E-state index contributed by atoms with van der Waals surface area (Å²) in [6.45, 7) is 2.01. The van der Waals surface area contributed by atoms with Crippen molar-refractivity contribution in [2.24, 2.45) is 5.73 Å². The molecule has 15 heavy (non-hydrogen) atoms. The molecule has 0 saturated carbocycles. The highest BCUT2D eigenvalue weighted by Gasteiger charge is 1.94. The van der Waals surface area contributed by atoms with Crippen LogP contribution in [0.2, 0.25) is 0 Å². The highest BCUT2D eigenvalue weighted by molar-refractivity contribution is 5.26. The summed E-state index contributed by atoms with van der Waals surface area (Å²) in [5.41, 5.74) is 9.30. The van der Waals surface area contributed by atoms with Crippen LogP contribution in [-0.2, 0) is 11.4 Å². The predicted molar refractivity (Wildman–Crippen MR) is 59.5 cm³/mol. The highest BCUT2D eigenvalue weighted by atomic mass is 16.6. The fourth-order valence-corrected chi connectivity index (χ4v) is 1.10. The zero-order valence-electron chi connectivity index (χ0n) is 9.03. The van der Waals surface area contributed by atoms with Crippen LogP contribution in [0.25, 0.3) is 0 Å². The summed E-state index contributed by atoms with van der Waals surface area (Å²) in [7, 11) is 1.65. The molecule has 4 heteroatoms. The van der Waals surface area contributed by atoms with Gasteiger partial charge < -0.3 is 10.5 Å². The molecular formula is C11H18N2O2. The molecule has 0 aliphatic rings. The van der Waals surface area contributed by atoms with Crippen molar-refractivity contribution in [1.29, 1.82) is 0 Å². The molecule has 0 bridgehead atoms. The number of ether oxygens (including phenoxy) is 1. The van der Waals surface area contributed by atoms with Crippen LogP contribution in [0.5, 0.6) is 5.75 Å². The van der Waals surface area contributed by atoms with E-state index in [1.54, 1.807) is 7.11 Å². The Kier molecular flexibility index (Phi) is 5.77. The standard InChI is InChI=1S/C11H18N2O2/c1-14-11-5-3-10(4-6-11)9-15-13-8-2-7-12/h3-6,13H,2,7-9,12H2,1H3. The Bertz CT molecular complexity index is 262. The summed E-state index contributed by atoms with van der Waals surface area (Å²) in [4.78, 5) is 5.25. The van der Waals surface area contributed by atoms with Crippen LogP contribution in [0.15, 0.2) is 24.3 Å². The van der Waals surface area contributed by atoms with Gasteiger partial charge >= 0.3 is 0 Å². The minimum atomic E-state index is 0.550. The van der Waals surface area contributed by atoms with E-state index in [4.69, 9.17) is 15.3 Å². The monoisotopic (exact) mass is 210 g/mol. The maximum absolute atomic E-state index is 5.34. The first kappa shape index (κ1) is 12.0. The van der Waals surface area contributed by atoms with E-state index in [1.165, 1.54) is 0 Å². The van der Waals surface area contributed by atoms with Gasteiger partial charge in [0.05, 0.1) is 13.7 Å². The van der Waals surface area contributed by atoms with E-state index in [-0.39, 0.29) is 0 Å². The number of hydrogen-bond acceptors (Lipinski definition) is 4. The van der Waals surface area contributed by atoms with Gasteiger partial charge in [0, 0.05) is 6.54 Å². The van der Waals surface area contributed by atoms with Crippen molar-refractivity contribution in [1.82, 2.24) is 5.48 Å². The molecule has 1 aromatic rings. The lowest BCUT2D eigenvalue weighted by Crippen LogP contribution is -2.18. The van der Waals surface area contributed by atoms with E-state index < -0.39 is 0 Å². The first-order valence-electron chi connectivity index (χ1n) is 5.04. The summed E-state index contributed by atoms with van der Waals surface area (Å²) < 4.78 is 5.06. The van der Waals surface area contributed by atoms with E-state index in [2.05, 4.69) is 5.48 Å². The van der Waals surface area contributed by atoms with E-state index in [1.807, 2.05) is 24.3 Å². The third-order valence-corrected chi connectivity index (χ3v) is 1.98. The molecule has 1 aromatic carbocycles. The molecule has 84 valence electrons. The zero-order valence-corrected chi connectivity index (χ0v) is 9.03. The molecule has 0 aromatic heterocycles. The topological polar surface area (TPSA) is 56.5 Å². The average molecular weight is 210 g/mol. The lowest BCUT2D eigenvalue weighted by molar-refractivity contribution is 0.0279. The molecule has 0 amide bonds.